The minimum atomic E-state index is -1.12. The van der Waals surface area contributed by atoms with Crippen LogP contribution in [0.4, 0.5) is 5.69 Å². The zero-order valence-corrected chi connectivity index (χ0v) is 16.9. The van der Waals surface area contributed by atoms with Gasteiger partial charge in [0.25, 0.3) is 5.91 Å². The number of aliphatic hydroxyl groups excluding tert-OH is 1. The first kappa shape index (κ1) is 19.7. The van der Waals surface area contributed by atoms with Crippen LogP contribution in [0.2, 0.25) is 0 Å². The molecule has 1 amide bonds. The van der Waals surface area contributed by atoms with Crippen molar-refractivity contribution in [1.29, 1.82) is 0 Å². The van der Waals surface area contributed by atoms with Crippen molar-refractivity contribution < 1.29 is 23.9 Å². The molecule has 0 radical (unpaired) electrons. The lowest BCUT2D eigenvalue weighted by molar-refractivity contribution is -0.140. The summed E-state index contributed by atoms with van der Waals surface area (Å²) in [4.78, 5) is 48.3. The molecule has 31 heavy (non-hydrogen) atoms. The molecule has 1 aliphatic carbocycles. The number of Topliss-reactive ketones (excluding diaryl/α,β-unsaturated/α-hetero) is 2. The molecule has 2 N–H and O–H groups in total. The molecule has 0 bridgehead atoms. The number of carbonyl (C=O) groups is 3. The number of benzene rings is 1. The number of nitrogens with zero attached hydrogens (tertiary/aromatic N) is 2. The number of furan rings is 1. The summed E-state index contributed by atoms with van der Waals surface area (Å²) in [5.41, 5.74) is 1.93. The highest BCUT2D eigenvalue weighted by Gasteiger charge is 2.54. The summed E-state index contributed by atoms with van der Waals surface area (Å²) in [5, 5.41) is 9.44. The van der Waals surface area contributed by atoms with Gasteiger partial charge >= 0.3 is 0 Å². The predicted molar refractivity (Wildman–Crippen MR) is 111 cm³/mol. The molecule has 1 aliphatic heterocycles. The fraction of sp³-hybridized carbons (Fsp3) is 0.391. The van der Waals surface area contributed by atoms with Crippen molar-refractivity contribution in [2.24, 2.45) is 11.8 Å². The maximum atomic E-state index is 13.5. The molecule has 8 heteroatoms. The van der Waals surface area contributed by atoms with Crippen molar-refractivity contribution in [1.82, 2.24) is 9.97 Å². The third-order valence-electron chi connectivity index (χ3n) is 6.43. The number of hydrogen-bond acceptors (Lipinski definition) is 6. The number of H-pyrrole nitrogens is 1. The summed E-state index contributed by atoms with van der Waals surface area (Å²) in [5.74, 6) is -2.31. The molecule has 160 valence electrons. The Morgan fingerprint density at radius 1 is 1.16 bits per heavy atom. The van der Waals surface area contributed by atoms with Crippen molar-refractivity contribution in [2.75, 3.05) is 4.90 Å². The number of anilines is 1. The average molecular weight is 421 g/mol. The Morgan fingerprint density at radius 3 is 2.71 bits per heavy atom. The number of ketones is 2. The molecule has 2 unspecified atom stereocenters. The summed E-state index contributed by atoms with van der Waals surface area (Å²) in [6.45, 7) is -0.310. The van der Waals surface area contributed by atoms with E-state index in [0.717, 1.165) is 37.6 Å². The zero-order chi connectivity index (χ0) is 21.5. The second kappa shape index (κ2) is 7.77. The van der Waals surface area contributed by atoms with E-state index < -0.39 is 23.7 Å². The largest absolute Gasteiger partial charge is 0.461 e. The first-order valence-electron chi connectivity index (χ1n) is 10.6. The number of nitrogens with one attached hydrogen (secondary N) is 1. The molecule has 1 aromatic carbocycles. The maximum Gasteiger partial charge on any atom is 0.295 e. The number of aliphatic hydroxyl groups is 1. The van der Waals surface area contributed by atoms with Gasteiger partial charge in [-0.15, -0.1) is 0 Å². The minimum Gasteiger partial charge on any atom is -0.461 e. The lowest BCUT2D eigenvalue weighted by Gasteiger charge is -2.28. The topological polar surface area (TPSA) is 116 Å². The average Bonchev–Trinajstić information content (AvgIpc) is 3.52. The summed E-state index contributed by atoms with van der Waals surface area (Å²) in [7, 11) is 0. The zero-order valence-electron chi connectivity index (χ0n) is 16.9. The number of imidazole rings is 1. The quantitative estimate of drug-likeness (QED) is 0.483. The fourth-order valence-corrected chi connectivity index (χ4v) is 4.88. The minimum absolute atomic E-state index is 0.185. The first-order valence-corrected chi connectivity index (χ1v) is 10.6. The third kappa shape index (κ3) is 3.27. The number of carbonyl (C=O) groups excluding carboxylic acids is 3. The molecule has 2 atom stereocenters. The summed E-state index contributed by atoms with van der Waals surface area (Å²) < 4.78 is 5.74. The van der Waals surface area contributed by atoms with Crippen LogP contribution >= 0.6 is 0 Å². The Balaban J connectivity index is 1.60. The molecule has 1 saturated carbocycles. The SMILES string of the molecule is O=C1C(=O)N(c2ccc3nc[nH]c3c2)C(c2ccc(CO)o2)C1C(=O)C1CCCCC1. The van der Waals surface area contributed by atoms with E-state index in [1.807, 2.05) is 0 Å². The van der Waals surface area contributed by atoms with Crippen LogP contribution in [0.5, 0.6) is 0 Å². The predicted octanol–water partition coefficient (Wildman–Crippen LogP) is 3.07. The van der Waals surface area contributed by atoms with Gasteiger partial charge in [0.1, 0.15) is 35.9 Å². The van der Waals surface area contributed by atoms with E-state index in [2.05, 4.69) is 9.97 Å². The summed E-state index contributed by atoms with van der Waals surface area (Å²) in [6, 6.07) is 7.56. The van der Waals surface area contributed by atoms with E-state index in [1.54, 1.807) is 36.7 Å². The van der Waals surface area contributed by atoms with E-state index >= 15 is 0 Å². The van der Waals surface area contributed by atoms with E-state index in [0.29, 0.717) is 22.7 Å². The molecule has 8 nitrogen and oxygen atoms in total. The fourth-order valence-electron chi connectivity index (χ4n) is 4.88. The molecule has 0 spiro atoms. The molecule has 2 aromatic heterocycles. The Labute approximate surface area is 178 Å². The molecular formula is C23H23N3O5. The van der Waals surface area contributed by atoms with Crippen LogP contribution in [0, 0.1) is 11.8 Å². The summed E-state index contributed by atoms with van der Waals surface area (Å²) in [6.07, 6.45) is 6.02. The van der Waals surface area contributed by atoms with Crippen molar-refractivity contribution in [3.63, 3.8) is 0 Å². The Kier molecular flexibility index (Phi) is 4.94. The maximum absolute atomic E-state index is 13.5. The highest BCUT2D eigenvalue weighted by Crippen LogP contribution is 2.43. The molecule has 2 aliphatic rings. The van der Waals surface area contributed by atoms with Gasteiger partial charge in [-0.3, -0.25) is 19.3 Å². The van der Waals surface area contributed by atoms with Crippen LogP contribution in [0.25, 0.3) is 11.0 Å². The first-order chi connectivity index (χ1) is 15.1. The molecule has 2 fully saturated rings. The van der Waals surface area contributed by atoms with Crippen LogP contribution in [-0.2, 0) is 21.0 Å². The van der Waals surface area contributed by atoms with Crippen molar-refractivity contribution >= 4 is 34.2 Å². The van der Waals surface area contributed by atoms with Crippen molar-refractivity contribution in [3.05, 3.63) is 48.2 Å². The standard InChI is InChI=1S/C23H23N3O5/c27-11-15-7-9-18(31-15)20-19(21(28)13-4-2-1-3-5-13)22(29)23(30)26(20)14-6-8-16-17(10-14)25-12-24-16/h6-10,12-13,19-20,27H,1-5,11H2,(H,24,25). The van der Waals surface area contributed by atoms with Gasteiger partial charge < -0.3 is 14.5 Å². The Morgan fingerprint density at radius 2 is 1.97 bits per heavy atom. The normalized spacial score (nSPS) is 22.5. The van der Waals surface area contributed by atoms with Gasteiger partial charge in [-0.25, -0.2) is 4.98 Å². The van der Waals surface area contributed by atoms with E-state index in [1.165, 1.54) is 4.90 Å². The lowest BCUT2D eigenvalue weighted by Crippen LogP contribution is -2.33. The van der Waals surface area contributed by atoms with Gasteiger partial charge in [0, 0.05) is 11.6 Å². The van der Waals surface area contributed by atoms with E-state index in [9.17, 15) is 19.5 Å². The van der Waals surface area contributed by atoms with E-state index in [-0.39, 0.29) is 18.3 Å². The number of hydrogen-bond donors (Lipinski definition) is 2. The number of aromatic amines is 1. The monoisotopic (exact) mass is 421 g/mol. The number of amides is 1. The highest BCUT2D eigenvalue weighted by atomic mass is 16.4. The smallest absolute Gasteiger partial charge is 0.295 e. The number of aromatic nitrogens is 2. The van der Waals surface area contributed by atoms with Gasteiger partial charge in [0.15, 0.2) is 0 Å². The van der Waals surface area contributed by atoms with Crippen molar-refractivity contribution in [2.45, 2.75) is 44.8 Å². The second-order valence-electron chi connectivity index (χ2n) is 8.27. The van der Waals surface area contributed by atoms with Crippen LogP contribution in [-0.4, -0.2) is 32.5 Å². The Hall–Kier alpha value is -3.26. The van der Waals surface area contributed by atoms with Gasteiger partial charge in [-0.2, -0.15) is 0 Å². The molecule has 1 saturated heterocycles. The summed E-state index contributed by atoms with van der Waals surface area (Å²) >= 11 is 0. The van der Waals surface area contributed by atoms with Crippen LogP contribution < -0.4 is 4.90 Å². The van der Waals surface area contributed by atoms with Gasteiger partial charge in [-0.1, -0.05) is 19.3 Å². The number of fused-ring (bicyclic) bond motifs is 1. The Bertz CT molecular complexity index is 1160. The van der Waals surface area contributed by atoms with Crippen LogP contribution in [0.3, 0.4) is 0 Å². The lowest BCUT2D eigenvalue weighted by atomic mass is 9.78. The number of rotatable bonds is 5. The van der Waals surface area contributed by atoms with E-state index in [4.69, 9.17) is 4.42 Å². The van der Waals surface area contributed by atoms with Gasteiger partial charge in [0.05, 0.1) is 17.4 Å². The molecular weight excluding hydrogens is 398 g/mol. The molecule has 3 heterocycles. The van der Waals surface area contributed by atoms with Crippen LogP contribution in [0.1, 0.15) is 49.7 Å². The second-order valence-corrected chi connectivity index (χ2v) is 8.27. The van der Waals surface area contributed by atoms with Crippen LogP contribution in [0.15, 0.2) is 41.1 Å². The van der Waals surface area contributed by atoms with Gasteiger partial charge in [-0.05, 0) is 43.2 Å². The molecule has 5 rings (SSSR count). The van der Waals surface area contributed by atoms with Crippen molar-refractivity contribution in [3.8, 4) is 0 Å². The van der Waals surface area contributed by atoms with Gasteiger partial charge in [0.2, 0.25) is 5.78 Å². The highest BCUT2D eigenvalue weighted by molar-refractivity contribution is 6.48. The molecule has 3 aromatic rings. The third-order valence-corrected chi connectivity index (χ3v) is 6.43.